The van der Waals surface area contributed by atoms with Crippen molar-refractivity contribution in [2.24, 2.45) is 5.73 Å². The van der Waals surface area contributed by atoms with Crippen LogP contribution in [0.3, 0.4) is 0 Å². The molecular formula is C16H18N2O3. The van der Waals surface area contributed by atoms with Crippen LogP contribution in [-0.4, -0.2) is 23.0 Å². The van der Waals surface area contributed by atoms with Gasteiger partial charge in [-0.05, 0) is 22.8 Å². The van der Waals surface area contributed by atoms with Gasteiger partial charge in [-0.1, -0.05) is 42.5 Å². The molecule has 1 atom stereocenters. The molecule has 21 heavy (non-hydrogen) atoms. The van der Waals surface area contributed by atoms with Crippen molar-refractivity contribution in [3.8, 4) is 0 Å². The highest BCUT2D eigenvalue weighted by molar-refractivity contribution is 5.85. The molecule has 1 amide bonds. The summed E-state index contributed by atoms with van der Waals surface area (Å²) in [6.07, 6.45) is 0.103. The number of nitrogens with two attached hydrogens (primary N) is 1. The number of nitrogens with one attached hydrogen (secondary N) is 1. The van der Waals surface area contributed by atoms with Gasteiger partial charge in [0.1, 0.15) is 0 Å². The van der Waals surface area contributed by atoms with E-state index in [0.717, 1.165) is 16.3 Å². The summed E-state index contributed by atoms with van der Waals surface area (Å²) in [6, 6.07) is 13.3. The molecule has 0 aromatic heterocycles. The normalized spacial score (nSPS) is 12.2. The molecule has 0 radical (unpaired) electrons. The lowest BCUT2D eigenvalue weighted by molar-refractivity contribution is -0.137. The Morgan fingerprint density at radius 3 is 2.57 bits per heavy atom. The molecule has 2 rings (SSSR count). The van der Waals surface area contributed by atoms with Gasteiger partial charge in [0.05, 0.1) is 6.04 Å². The summed E-state index contributed by atoms with van der Waals surface area (Å²) < 4.78 is 0. The maximum atomic E-state index is 11.4. The Kier molecular flexibility index (Phi) is 4.90. The lowest BCUT2D eigenvalue weighted by atomic mass is 10.0. The highest BCUT2D eigenvalue weighted by Crippen LogP contribution is 2.18. The number of amides is 1. The summed E-state index contributed by atoms with van der Waals surface area (Å²) in [7, 11) is 0. The van der Waals surface area contributed by atoms with E-state index in [9.17, 15) is 9.59 Å². The van der Waals surface area contributed by atoms with Crippen molar-refractivity contribution in [1.29, 1.82) is 0 Å². The molecule has 0 saturated carbocycles. The topological polar surface area (TPSA) is 92.4 Å². The summed E-state index contributed by atoms with van der Waals surface area (Å²) in [5.74, 6) is -1.47. The van der Waals surface area contributed by atoms with Gasteiger partial charge in [-0.2, -0.15) is 0 Å². The Bertz CT molecular complexity index is 650. The molecule has 0 saturated heterocycles. The Morgan fingerprint density at radius 2 is 1.86 bits per heavy atom. The first-order chi connectivity index (χ1) is 10.1. The number of carboxylic acid groups (broad SMARTS) is 1. The van der Waals surface area contributed by atoms with Gasteiger partial charge < -0.3 is 16.2 Å². The minimum absolute atomic E-state index is 0.0872. The van der Waals surface area contributed by atoms with Crippen molar-refractivity contribution in [1.82, 2.24) is 5.32 Å². The number of hydrogen-bond donors (Lipinski definition) is 3. The highest BCUT2D eigenvalue weighted by atomic mass is 16.4. The van der Waals surface area contributed by atoms with Gasteiger partial charge in [0.2, 0.25) is 5.91 Å². The fourth-order valence-electron chi connectivity index (χ4n) is 2.29. The third kappa shape index (κ3) is 4.03. The molecule has 5 nitrogen and oxygen atoms in total. The molecule has 2 aromatic carbocycles. The predicted octanol–water partition coefficient (Wildman–Crippen LogP) is 1.65. The van der Waals surface area contributed by atoms with Gasteiger partial charge in [-0.15, -0.1) is 0 Å². The lowest BCUT2D eigenvalue weighted by Crippen LogP contribution is -2.41. The molecular weight excluding hydrogens is 268 g/mol. The molecule has 0 bridgehead atoms. The number of benzene rings is 2. The number of primary amides is 1. The van der Waals surface area contributed by atoms with Gasteiger partial charge in [0.25, 0.3) is 0 Å². The molecule has 0 unspecified atom stereocenters. The number of fused-ring (bicyclic) bond motifs is 1. The average Bonchev–Trinajstić information content (AvgIpc) is 2.46. The van der Waals surface area contributed by atoms with Crippen LogP contribution in [0.1, 0.15) is 18.4 Å². The minimum atomic E-state index is -0.937. The molecule has 110 valence electrons. The van der Waals surface area contributed by atoms with Crippen molar-refractivity contribution in [3.63, 3.8) is 0 Å². The van der Waals surface area contributed by atoms with Crippen molar-refractivity contribution in [2.75, 3.05) is 0 Å². The van der Waals surface area contributed by atoms with E-state index in [1.807, 2.05) is 42.5 Å². The molecule has 0 aliphatic rings. The van der Waals surface area contributed by atoms with E-state index in [2.05, 4.69) is 5.32 Å². The van der Waals surface area contributed by atoms with Crippen LogP contribution in [0.2, 0.25) is 0 Å². The summed E-state index contributed by atoms with van der Waals surface area (Å²) in [4.78, 5) is 22.0. The van der Waals surface area contributed by atoms with Crippen molar-refractivity contribution >= 4 is 22.6 Å². The molecule has 0 aliphatic carbocycles. The first-order valence-corrected chi connectivity index (χ1v) is 6.79. The SMILES string of the molecule is NC(=O)[C@H](CCC(=O)O)NCc1cccc2ccccc12. The molecule has 0 spiro atoms. The number of carbonyl (C=O) groups is 2. The second-order valence-corrected chi connectivity index (χ2v) is 4.91. The average molecular weight is 286 g/mol. The smallest absolute Gasteiger partial charge is 0.303 e. The second kappa shape index (κ2) is 6.85. The summed E-state index contributed by atoms with van der Waals surface area (Å²) >= 11 is 0. The monoisotopic (exact) mass is 286 g/mol. The zero-order valence-electron chi connectivity index (χ0n) is 11.6. The van der Waals surface area contributed by atoms with Gasteiger partial charge in [-0.25, -0.2) is 0 Å². The Balaban J connectivity index is 2.08. The Labute approximate surface area is 122 Å². The first-order valence-electron chi connectivity index (χ1n) is 6.79. The second-order valence-electron chi connectivity index (χ2n) is 4.91. The zero-order chi connectivity index (χ0) is 15.2. The molecule has 2 aromatic rings. The number of hydrogen-bond acceptors (Lipinski definition) is 3. The number of carboxylic acids is 1. The van der Waals surface area contributed by atoms with E-state index in [4.69, 9.17) is 10.8 Å². The van der Waals surface area contributed by atoms with Crippen LogP contribution < -0.4 is 11.1 Å². The van der Waals surface area contributed by atoms with Crippen molar-refractivity contribution in [2.45, 2.75) is 25.4 Å². The van der Waals surface area contributed by atoms with Crippen molar-refractivity contribution < 1.29 is 14.7 Å². The number of rotatable bonds is 7. The van der Waals surface area contributed by atoms with Crippen LogP contribution in [0.25, 0.3) is 10.8 Å². The first kappa shape index (κ1) is 15.0. The van der Waals surface area contributed by atoms with E-state index >= 15 is 0 Å². The van der Waals surface area contributed by atoms with Crippen LogP contribution in [0.4, 0.5) is 0 Å². The number of aliphatic carboxylic acids is 1. The van der Waals surface area contributed by atoms with E-state index in [1.54, 1.807) is 0 Å². The molecule has 4 N–H and O–H groups in total. The maximum absolute atomic E-state index is 11.4. The third-order valence-corrected chi connectivity index (χ3v) is 3.41. The van der Waals surface area contributed by atoms with Crippen LogP contribution in [-0.2, 0) is 16.1 Å². The molecule has 0 fully saturated rings. The summed E-state index contributed by atoms with van der Waals surface area (Å²) in [5, 5.41) is 14.0. The fraction of sp³-hybridized carbons (Fsp3) is 0.250. The standard InChI is InChI=1S/C16H18N2O3/c17-16(21)14(8-9-15(19)20)18-10-12-6-3-5-11-4-1-2-7-13(11)12/h1-7,14,18H,8-10H2,(H2,17,21)(H,19,20)/t14-/m0/s1. The van der Waals surface area contributed by atoms with Gasteiger partial charge in [0, 0.05) is 13.0 Å². The summed E-state index contributed by atoms with van der Waals surface area (Å²) in [5.41, 5.74) is 6.36. The van der Waals surface area contributed by atoms with Crippen LogP contribution in [0, 0.1) is 0 Å². The van der Waals surface area contributed by atoms with Crippen molar-refractivity contribution in [3.05, 3.63) is 48.0 Å². The predicted molar refractivity (Wildman–Crippen MR) is 80.6 cm³/mol. The Morgan fingerprint density at radius 1 is 1.14 bits per heavy atom. The van der Waals surface area contributed by atoms with Crippen LogP contribution >= 0.6 is 0 Å². The summed E-state index contributed by atoms with van der Waals surface area (Å²) in [6.45, 7) is 0.467. The molecule has 5 heteroatoms. The fourth-order valence-corrected chi connectivity index (χ4v) is 2.29. The highest BCUT2D eigenvalue weighted by Gasteiger charge is 2.16. The number of carbonyl (C=O) groups excluding carboxylic acids is 1. The van der Waals surface area contributed by atoms with Gasteiger partial charge >= 0.3 is 5.97 Å². The molecule has 0 aliphatic heterocycles. The Hall–Kier alpha value is -2.40. The third-order valence-electron chi connectivity index (χ3n) is 3.41. The van der Waals surface area contributed by atoms with Gasteiger partial charge in [0.15, 0.2) is 0 Å². The van der Waals surface area contributed by atoms with Crippen LogP contribution in [0.5, 0.6) is 0 Å². The zero-order valence-corrected chi connectivity index (χ0v) is 11.6. The largest absolute Gasteiger partial charge is 0.481 e. The van der Waals surface area contributed by atoms with Gasteiger partial charge in [-0.3, -0.25) is 9.59 Å². The quantitative estimate of drug-likeness (QED) is 0.721. The maximum Gasteiger partial charge on any atom is 0.303 e. The van der Waals surface area contributed by atoms with E-state index in [1.165, 1.54) is 0 Å². The lowest BCUT2D eigenvalue weighted by Gasteiger charge is -2.15. The minimum Gasteiger partial charge on any atom is -0.481 e. The molecule has 0 heterocycles. The van der Waals surface area contributed by atoms with Crippen LogP contribution in [0.15, 0.2) is 42.5 Å². The van der Waals surface area contributed by atoms with E-state index < -0.39 is 17.9 Å². The van der Waals surface area contributed by atoms with E-state index in [-0.39, 0.29) is 12.8 Å². The van der Waals surface area contributed by atoms with E-state index in [0.29, 0.717) is 6.54 Å².